The first-order valence-corrected chi connectivity index (χ1v) is 9.83. The fraction of sp³-hybridized carbons (Fsp3) is 0.0909. The molecule has 32 heavy (non-hydrogen) atoms. The Morgan fingerprint density at radius 1 is 1.16 bits per heavy atom. The van der Waals surface area contributed by atoms with E-state index in [1.165, 1.54) is 37.6 Å². The molecule has 1 aliphatic rings. The summed E-state index contributed by atoms with van der Waals surface area (Å²) in [5.41, 5.74) is -1.01. The van der Waals surface area contributed by atoms with Crippen molar-refractivity contribution in [3.8, 4) is 5.75 Å². The highest BCUT2D eigenvalue weighted by molar-refractivity contribution is 6.51. The van der Waals surface area contributed by atoms with Gasteiger partial charge in [-0.2, -0.15) is 0 Å². The van der Waals surface area contributed by atoms with Crippen LogP contribution in [0.15, 0.2) is 58.7 Å². The summed E-state index contributed by atoms with van der Waals surface area (Å²) in [5, 5.41) is 11.3. The van der Waals surface area contributed by atoms with Gasteiger partial charge < -0.3 is 14.3 Å². The molecule has 0 spiro atoms. The van der Waals surface area contributed by atoms with E-state index in [0.29, 0.717) is 0 Å². The van der Waals surface area contributed by atoms with Gasteiger partial charge in [0.25, 0.3) is 11.7 Å². The average molecular weight is 480 g/mol. The zero-order valence-corrected chi connectivity index (χ0v) is 17.7. The maximum absolute atomic E-state index is 14.6. The van der Waals surface area contributed by atoms with Crippen LogP contribution in [0.4, 0.5) is 14.5 Å². The van der Waals surface area contributed by atoms with Crippen LogP contribution in [0.2, 0.25) is 10.0 Å². The Balaban J connectivity index is 2.01. The third-order valence-corrected chi connectivity index (χ3v) is 5.39. The van der Waals surface area contributed by atoms with Crippen LogP contribution in [0.5, 0.6) is 5.75 Å². The Bertz CT molecular complexity index is 1270. The highest BCUT2D eigenvalue weighted by Crippen LogP contribution is 2.45. The van der Waals surface area contributed by atoms with Crippen molar-refractivity contribution in [2.75, 3.05) is 12.0 Å². The Kier molecular flexibility index (Phi) is 5.66. The van der Waals surface area contributed by atoms with Crippen molar-refractivity contribution in [1.82, 2.24) is 0 Å². The topological polar surface area (TPSA) is 80.0 Å². The molecular weight excluding hydrogens is 467 g/mol. The normalized spacial score (nSPS) is 17.8. The van der Waals surface area contributed by atoms with Crippen molar-refractivity contribution in [3.63, 3.8) is 0 Å². The van der Waals surface area contributed by atoms with Crippen LogP contribution in [0.25, 0.3) is 5.76 Å². The number of hydrogen-bond acceptors (Lipinski definition) is 5. The minimum atomic E-state index is -1.40. The number of methoxy groups -OCH3 is 1. The SMILES string of the molecule is COc1c(Cl)cc(Cl)cc1/C(O)=C1/C(=O)C(=O)N(c2cc(F)ccc2F)C1c1ccco1. The molecule has 1 aromatic heterocycles. The summed E-state index contributed by atoms with van der Waals surface area (Å²) >= 11 is 12.2. The second-order valence-corrected chi connectivity index (χ2v) is 7.59. The molecule has 0 radical (unpaired) electrons. The van der Waals surface area contributed by atoms with Gasteiger partial charge in [-0.25, -0.2) is 8.78 Å². The number of carbonyl (C=O) groups excluding carboxylic acids is 2. The number of rotatable bonds is 4. The van der Waals surface area contributed by atoms with Crippen LogP contribution in [-0.2, 0) is 9.59 Å². The van der Waals surface area contributed by atoms with E-state index in [0.717, 1.165) is 23.1 Å². The lowest BCUT2D eigenvalue weighted by molar-refractivity contribution is -0.132. The number of aliphatic hydroxyl groups excluding tert-OH is 1. The van der Waals surface area contributed by atoms with Crippen molar-refractivity contribution < 1.29 is 32.6 Å². The Hall–Kier alpha value is -3.36. The van der Waals surface area contributed by atoms with Crippen molar-refractivity contribution in [2.45, 2.75) is 6.04 Å². The van der Waals surface area contributed by atoms with Crippen LogP contribution in [0, 0.1) is 11.6 Å². The number of halogens is 4. The number of carbonyl (C=O) groups is 2. The van der Waals surface area contributed by atoms with Gasteiger partial charge >= 0.3 is 0 Å². The monoisotopic (exact) mass is 479 g/mol. The number of benzene rings is 2. The quantitative estimate of drug-likeness (QED) is 0.303. The van der Waals surface area contributed by atoms with Crippen LogP contribution < -0.4 is 9.64 Å². The summed E-state index contributed by atoms with van der Waals surface area (Å²) < 4.78 is 39.0. The van der Waals surface area contributed by atoms with Gasteiger partial charge in [-0.15, -0.1) is 0 Å². The van der Waals surface area contributed by atoms with Gasteiger partial charge in [0.1, 0.15) is 34.9 Å². The molecule has 1 saturated heterocycles. The summed E-state index contributed by atoms with van der Waals surface area (Å²) in [7, 11) is 1.29. The highest BCUT2D eigenvalue weighted by Gasteiger charge is 2.49. The number of ether oxygens (including phenoxy) is 1. The molecule has 4 rings (SSSR count). The predicted molar refractivity (Wildman–Crippen MR) is 113 cm³/mol. The number of ketones is 1. The van der Waals surface area contributed by atoms with Crippen LogP contribution in [-0.4, -0.2) is 23.9 Å². The van der Waals surface area contributed by atoms with Gasteiger partial charge in [-0.1, -0.05) is 23.2 Å². The van der Waals surface area contributed by atoms with Gasteiger partial charge in [0.05, 0.1) is 35.2 Å². The van der Waals surface area contributed by atoms with E-state index in [4.69, 9.17) is 32.4 Å². The third kappa shape index (κ3) is 3.51. The van der Waals surface area contributed by atoms with E-state index < -0.39 is 46.4 Å². The molecule has 1 aliphatic heterocycles. The van der Waals surface area contributed by atoms with Crippen molar-refractivity contribution in [3.05, 3.63) is 87.3 Å². The Morgan fingerprint density at radius 2 is 1.91 bits per heavy atom. The summed E-state index contributed by atoms with van der Waals surface area (Å²) in [4.78, 5) is 26.7. The van der Waals surface area contributed by atoms with E-state index in [1.807, 2.05) is 0 Å². The largest absolute Gasteiger partial charge is 0.507 e. The van der Waals surface area contributed by atoms with Crippen molar-refractivity contribution >= 4 is 46.3 Å². The zero-order chi connectivity index (χ0) is 23.2. The molecule has 164 valence electrons. The van der Waals surface area contributed by atoms with Gasteiger partial charge in [-0.3, -0.25) is 14.5 Å². The number of aliphatic hydroxyl groups is 1. The molecule has 0 bridgehead atoms. The maximum Gasteiger partial charge on any atom is 0.300 e. The van der Waals surface area contributed by atoms with Crippen LogP contribution in [0.3, 0.4) is 0 Å². The maximum atomic E-state index is 14.6. The number of furan rings is 1. The lowest BCUT2D eigenvalue weighted by Gasteiger charge is -2.24. The standard InChI is InChI=1S/C22H13Cl2F2NO5/c1-31-21-12(7-10(23)8-13(21)24)19(28)17-18(16-3-2-6-32-16)27(22(30)20(17)29)15-9-11(25)4-5-14(15)26/h2-9,18,28H,1H3/b19-17-. The molecule has 0 aliphatic carbocycles. The van der Waals surface area contributed by atoms with Gasteiger partial charge in [0, 0.05) is 11.1 Å². The first kappa shape index (κ1) is 21.9. The Morgan fingerprint density at radius 3 is 2.56 bits per heavy atom. The van der Waals surface area contributed by atoms with Crippen molar-refractivity contribution in [1.29, 1.82) is 0 Å². The number of hydrogen-bond donors (Lipinski definition) is 1. The highest BCUT2D eigenvalue weighted by atomic mass is 35.5. The molecule has 1 fully saturated rings. The van der Waals surface area contributed by atoms with E-state index in [9.17, 15) is 23.5 Å². The molecule has 0 saturated carbocycles. The average Bonchev–Trinajstić information content (AvgIpc) is 3.36. The molecule has 3 aromatic rings. The first-order valence-electron chi connectivity index (χ1n) is 9.07. The third-order valence-electron chi connectivity index (χ3n) is 4.89. The van der Waals surface area contributed by atoms with Crippen LogP contribution >= 0.6 is 23.2 Å². The summed E-state index contributed by atoms with van der Waals surface area (Å²) in [6.45, 7) is 0. The van der Waals surface area contributed by atoms with Crippen LogP contribution in [0.1, 0.15) is 17.4 Å². The predicted octanol–water partition coefficient (Wildman–Crippen LogP) is 5.50. The molecule has 2 heterocycles. The summed E-state index contributed by atoms with van der Waals surface area (Å²) in [5.74, 6) is -4.77. The molecular formula is C22H13Cl2F2NO5. The molecule has 10 heteroatoms. The fourth-order valence-corrected chi connectivity index (χ4v) is 4.13. The second-order valence-electron chi connectivity index (χ2n) is 6.75. The zero-order valence-electron chi connectivity index (χ0n) is 16.2. The second kappa shape index (κ2) is 8.29. The molecule has 6 nitrogen and oxygen atoms in total. The summed E-state index contributed by atoms with van der Waals surface area (Å²) in [6, 6.07) is 6.63. The molecule has 1 unspecified atom stereocenters. The lowest BCUT2D eigenvalue weighted by atomic mass is 9.98. The van der Waals surface area contributed by atoms with E-state index in [2.05, 4.69) is 0 Å². The number of anilines is 1. The van der Waals surface area contributed by atoms with E-state index in [1.54, 1.807) is 0 Å². The number of Topliss-reactive ketones (excluding diaryl/α,β-unsaturated/α-hetero) is 1. The first-order chi connectivity index (χ1) is 15.2. The number of amides is 1. The van der Waals surface area contributed by atoms with Crippen molar-refractivity contribution in [2.24, 2.45) is 0 Å². The molecule has 2 aromatic carbocycles. The lowest BCUT2D eigenvalue weighted by Crippen LogP contribution is -2.30. The van der Waals surface area contributed by atoms with E-state index >= 15 is 0 Å². The number of nitrogens with zero attached hydrogens (tertiary/aromatic N) is 1. The molecule has 1 atom stereocenters. The molecule has 1 N–H and O–H groups in total. The van der Waals surface area contributed by atoms with Gasteiger partial charge in [-0.05, 0) is 36.4 Å². The van der Waals surface area contributed by atoms with Gasteiger partial charge in [0.2, 0.25) is 0 Å². The van der Waals surface area contributed by atoms with Gasteiger partial charge in [0.15, 0.2) is 0 Å². The minimum Gasteiger partial charge on any atom is -0.507 e. The fourth-order valence-electron chi connectivity index (χ4n) is 3.56. The smallest absolute Gasteiger partial charge is 0.300 e. The van der Waals surface area contributed by atoms with E-state index in [-0.39, 0.29) is 27.1 Å². The summed E-state index contributed by atoms with van der Waals surface area (Å²) in [6.07, 6.45) is 1.27. The minimum absolute atomic E-state index is 0.00473. The molecule has 1 amide bonds. The Labute approximate surface area is 190 Å².